The summed E-state index contributed by atoms with van der Waals surface area (Å²) in [5.41, 5.74) is 3.69. The van der Waals surface area contributed by atoms with Gasteiger partial charge in [0, 0.05) is 17.1 Å². The highest BCUT2D eigenvalue weighted by molar-refractivity contribution is 7.99. The third-order valence-electron chi connectivity index (χ3n) is 4.56. The lowest BCUT2D eigenvalue weighted by molar-refractivity contribution is -0.139. The van der Waals surface area contributed by atoms with E-state index in [-0.39, 0.29) is 12.4 Å². The number of nitriles is 1. The van der Waals surface area contributed by atoms with Gasteiger partial charge in [0.05, 0.1) is 23.8 Å². The fourth-order valence-corrected chi connectivity index (χ4v) is 4.33. The van der Waals surface area contributed by atoms with E-state index in [4.69, 9.17) is 4.74 Å². The van der Waals surface area contributed by atoms with Crippen LogP contribution in [0.4, 0.5) is 4.79 Å². The molecule has 0 aliphatic carbocycles. The Morgan fingerprint density at radius 1 is 1.30 bits per heavy atom. The summed E-state index contributed by atoms with van der Waals surface area (Å²) in [6.07, 6.45) is 0. The number of aromatic nitrogens is 1. The van der Waals surface area contributed by atoms with Gasteiger partial charge in [-0.3, -0.25) is 0 Å². The molecular formula is C22H22N4O3S. The summed E-state index contributed by atoms with van der Waals surface area (Å²) in [5, 5.41) is 15.6. The minimum absolute atomic E-state index is 0.218. The summed E-state index contributed by atoms with van der Waals surface area (Å²) >= 11 is 1.30. The Balaban J connectivity index is 2.01. The van der Waals surface area contributed by atoms with Crippen LogP contribution in [-0.4, -0.2) is 29.3 Å². The second-order valence-corrected chi connectivity index (χ2v) is 7.68. The lowest BCUT2D eigenvalue weighted by atomic mass is 9.95. The number of benzene rings is 1. The average molecular weight is 423 g/mol. The van der Waals surface area contributed by atoms with Crippen molar-refractivity contribution in [2.24, 2.45) is 0 Å². The smallest absolute Gasteiger partial charge is 0.338 e. The minimum atomic E-state index is -0.628. The highest BCUT2D eigenvalue weighted by Crippen LogP contribution is 2.31. The summed E-state index contributed by atoms with van der Waals surface area (Å²) in [4.78, 5) is 29.6. The van der Waals surface area contributed by atoms with Gasteiger partial charge in [0.25, 0.3) is 0 Å². The summed E-state index contributed by atoms with van der Waals surface area (Å²) in [6, 6.07) is 12.3. The molecule has 1 aromatic carbocycles. The van der Waals surface area contributed by atoms with Crippen molar-refractivity contribution in [3.8, 4) is 6.07 Å². The van der Waals surface area contributed by atoms with Crippen molar-refractivity contribution in [3.63, 3.8) is 0 Å². The molecule has 8 heteroatoms. The zero-order valence-electron chi connectivity index (χ0n) is 17.0. The number of nitrogens with zero attached hydrogens (tertiary/aromatic N) is 2. The Labute approximate surface area is 179 Å². The predicted octanol–water partition coefficient (Wildman–Crippen LogP) is 3.53. The number of rotatable bonds is 6. The Kier molecular flexibility index (Phi) is 6.75. The standard InChI is InChI=1S/C22H22N4O3S/c1-4-29-21(27)18-17(12-30-20-16(11-23)13(2)10-14(3)24-20)25-22(28)26-19(18)15-8-6-5-7-9-15/h5-10,19H,4,12H2,1-3H3,(H2,25,26,28). The van der Waals surface area contributed by atoms with Crippen molar-refractivity contribution in [2.75, 3.05) is 12.4 Å². The van der Waals surface area contributed by atoms with Crippen LogP contribution in [0.5, 0.6) is 0 Å². The molecule has 1 aliphatic rings. The minimum Gasteiger partial charge on any atom is -0.463 e. The van der Waals surface area contributed by atoms with Crippen LogP contribution in [0.15, 0.2) is 52.7 Å². The number of pyridine rings is 1. The quantitative estimate of drug-likeness (QED) is 0.545. The molecule has 0 bridgehead atoms. The molecule has 2 aromatic rings. The van der Waals surface area contributed by atoms with Crippen LogP contribution in [0.2, 0.25) is 0 Å². The zero-order chi connectivity index (χ0) is 21.7. The first-order valence-corrected chi connectivity index (χ1v) is 10.5. The molecule has 2 heterocycles. The molecule has 1 aliphatic heterocycles. The number of hydrogen-bond acceptors (Lipinski definition) is 6. The van der Waals surface area contributed by atoms with E-state index in [9.17, 15) is 14.9 Å². The van der Waals surface area contributed by atoms with Crippen LogP contribution in [0.25, 0.3) is 0 Å². The van der Waals surface area contributed by atoms with E-state index < -0.39 is 18.0 Å². The Morgan fingerprint density at radius 2 is 2.03 bits per heavy atom. The molecule has 1 aromatic heterocycles. The third-order valence-corrected chi connectivity index (χ3v) is 5.56. The molecule has 2 amide bonds. The number of thioether (sulfide) groups is 1. The number of urea groups is 1. The highest BCUT2D eigenvalue weighted by atomic mass is 32.2. The van der Waals surface area contributed by atoms with Gasteiger partial charge in [0.1, 0.15) is 11.1 Å². The zero-order valence-corrected chi connectivity index (χ0v) is 17.8. The van der Waals surface area contributed by atoms with E-state index in [0.717, 1.165) is 16.8 Å². The van der Waals surface area contributed by atoms with Crippen molar-refractivity contribution in [1.82, 2.24) is 15.6 Å². The molecule has 0 spiro atoms. The molecule has 0 radical (unpaired) electrons. The molecule has 3 rings (SSSR count). The number of hydrogen-bond donors (Lipinski definition) is 2. The van der Waals surface area contributed by atoms with Gasteiger partial charge in [-0.25, -0.2) is 14.6 Å². The Bertz CT molecular complexity index is 1040. The van der Waals surface area contributed by atoms with E-state index in [1.165, 1.54) is 11.8 Å². The van der Waals surface area contributed by atoms with Crippen molar-refractivity contribution in [2.45, 2.75) is 31.8 Å². The largest absolute Gasteiger partial charge is 0.463 e. The lowest BCUT2D eigenvalue weighted by Crippen LogP contribution is -2.46. The normalized spacial score (nSPS) is 15.8. The molecule has 0 saturated carbocycles. The highest BCUT2D eigenvalue weighted by Gasteiger charge is 2.33. The number of carbonyl (C=O) groups is 2. The molecule has 1 unspecified atom stereocenters. The van der Waals surface area contributed by atoms with Gasteiger partial charge in [-0.05, 0) is 38.0 Å². The van der Waals surface area contributed by atoms with Crippen molar-refractivity contribution in [3.05, 3.63) is 70.1 Å². The molecule has 30 heavy (non-hydrogen) atoms. The molecule has 0 fully saturated rings. The fraction of sp³-hybridized carbons (Fsp3) is 0.273. The molecule has 2 N–H and O–H groups in total. The van der Waals surface area contributed by atoms with Gasteiger partial charge in [0.2, 0.25) is 0 Å². The van der Waals surface area contributed by atoms with Crippen LogP contribution in [0.1, 0.15) is 35.3 Å². The van der Waals surface area contributed by atoms with Crippen LogP contribution >= 0.6 is 11.8 Å². The number of carbonyl (C=O) groups excluding carboxylic acids is 2. The van der Waals surface area contributed by atoms with Gasteiger partial charge in [-0.15, -0.1) is 0 Å². The maximum Gasteiger partial charge on any atom is 0.338 e. The van der Waals surface area contributed by atoms with Gasteiger partial charge in [0.15, 0.2) is 0 Å². The first kappa shape index (κ1) is 21.4. The molecule has 7 nitrogen and oxygen atoms in total. The molecular weight excluding hydrogens is 400 g/mol. The monoisotopic (exact) mass is 422 g/mol. The maximum atomic E-state index is 12.8. The summed E-state index contributed by atoms with van der Waals surface area (Å²) in [7, 11) is 0. The first-order chi connectivity index (χ1) is 14.4. The SMILES string of the molecule is CCOC(=O)C1=C(CSc2nc(C)cc(C)c2C#N)NC(=O)NC1c1ccccc1. The summed E-state index contributed by atoms with van der Waals surface area (Å²) in [6.45, 7) is 5.67. The second kappa shape index (κ2) is 9.46. The topological polar surface area (TPSA) is 104 Å². The lowest BCUT2D eigenvalue weighted by Gasteiger charge is -2.29. The van der Waals surface area contributed by atoms with Crippen LogP contribution in [0, 0.1) is 25.2 Å². The second-order valence-electron chi connectivity index (χ2n) is 6.72. The molecule has 0 saturated heterocycles. The molecule has 154 valence electrons. The van der Waals surface area contributed by atoms with Crippen LogP contribution in [-0.2, 0) is 9.53 Å². The van der Waals surface area contributed by atoms with Gasteiger partial charge in [-0.1, -0.05) is 42.1 Å². The first-order valence-electron chi connectivity index (χ1n) is 9.48. The fourth-order valence-electron chi connectivity index (χ4n) is 3.26. The van der Waals surface area contributed by atoms with E-state index in [2.05, 4.69) is 21.7 Å². The van der Waals surface area contributed by atoms with Crippen molar-refractivity contribution >= 4 is 23.8 Å². The molecule has 1 atom stereocenters. The number of esters is 1. The summed E-state index contributed by atoms with van der Waals surface area (Å²) < 4.78 is 5.27. The average Bonchev–Trinajstić information content (AvgIpc) is 2.72. The van der Waals surface area contributed by atoms with Crippen molar-refractivity contribution < 1.29 is 14.3 Å². The van der Waals surface area contributed by atoms with Gasteiger partial charge in [-0.2, -0.15) is 5.26 Å². The number of aryl methyl sites for hydroxylation is 2. The van der Waals surface area contributed by atoms with E-state index in [1.54, 1.807) is 6.92 Å². The van der Waals surface area contributed by atoms with E-state index in [0.29, 0.717) is 21.9 Å². The van der Waals surface area contributed by atoms with E-state index >= 15 is 0 Å². The van der Waals surface area contributed by atoms with Crippen LogP contribution < -0.4 is 10.6 Å². The van der Waals surface area contributed by atoms with Crippen molar-refractivity contribution in [1.29, 1.82) is 5.26 Å². The number of nitrogens with one attached hydrogen (secondary N) is 2. The Hall–Kier alpha value is -3.31. The van der Waals surface area contributed by atoms with Gasteiger partial charge >= 0.3 is 12.0 Å². The Morgan fingerprint density at radius 3 is 2.70 bits per heavy atom. The number of ether oxygens (including phenoxy) is 1. The predicted molar refractivity (Wildman–Crippen MR) is 114 cm³/mol. The number of amides is 2. The summed E-state index contributed by atoms with van der Waals surface area (Å²) in [5.74, 6) is -0.238. The van der Waals surface area contributed by atoms with Gasteiger partial charge < -0.3 is 15.4 Å². The van der Waals surface area contributed by atoms with E-state index in [1.807, 2.05) is 50.2 Å². The third kappa shape index (κ3) is 4.63. The maximum absolute atomic E-state index is 12.8. The van der Waals surface area contributed by atoms with Crippen LogP contribution in [0.3, 0.4) is 0 Å².